The minimum Gasteiger partial charge on any atom is -0.0622 e. The highest BCUT2D eigenvalue weighted by molar-refractivity contribution is 6.10. The van der Waals surface area contributed by atoms with E-state index in [0.717, 1.165) is 0 Å². The van der Waals surface area contributed by atoms with Crippen LogP contribution in [0.15, 0.2) is 158 Å². The molecule has 1 aliphatic rings. The van der Waals surface area contributed by atoms with Crippen LogP contribution in [0.3, 0.4) is 0 Å². The van der Waals surface area contributed by atoms with E-state index in [1.807, 2.05) is 0 Å². The summed E-state index contributed by atoms with van der Waals surface area (Å²) in [6.45, 7) is 4.68. The van der Waals surface area contributed by atoms with Gasteiger partial charge in [-0.05, 0) is 118 Å². The van der Waals surface area contributed by atoms with Gasteiger partial charge in [0.15, 0.2) is 0 Å². The van der Waals surface area contributed by atoms with Gasteiger partial charge in [-0.15, -0.1) is 0 Å². The first-order valence-corrected chi connectivity index (χ1v) is 15.8. The lowest BCUT2D eigenvalue weighted by atomic mass is 9.82. The molecule has 0 unspecified atom stereocenters. The zero-order chi connectivity index (χ0) is 30.1. The van der Waals surface area contributed by atoms with Crippen molar-refractivity contribution in [1.29, 1.82) is 0 Å². The van der Waals surface area contributed by atoms with Crippen LogP contribution in [0.1, 0.15) is 25.0 Å². The Morgan fingerprint density at radius 1 is 0.311 bits per heavy atom. The van der Waals surface area contributed by atoms with Gasteiger partial charge in [0, 0.05) is 5.41 Å². The largest absolute Gasteiger partial charge is 0.0622 e. The summed E-state index contributed by atoms with van der Waals surface area (Å²) in [4.78, 5) is 0. The quantitative estimate of drug-likeness (QED) is 0.185. The van der Waals surface area contributed by atoms with Crippen molar-refractivity contribution in [2.45, 2.75) is 19.3 Å². The van der Waals surface area contributed by atoms with Crippen molar-refractivity contribution in [3.63, 3.8) is 0 Å². The summed E-state index contributed by atoms with van der Waals surface area (Å²) in [6, 6.07) is 58.5. The molecule has 0 amide bonds. The second-order valence-electron chi connectivity index (χ2n) is 13.0. The van der Waals surface area contributed by atoms with Crippen molar-refractivity contribution in [1.82, 2.24) is 0 Å². The summed E-state index contributed by atoms with van der Waals surface area (Å²) < 4.78 is 0. The van der Waals surface area contributed by atoms with Crippen molar-refractivity contribution in [3.8, 4) is 44.5 Å². The number of hydrogen-bond acceptors (Lipinski definition) is 0. The van der Waals surface area contributed by atoms with Gasteiger partial charge in [-0.25, -0.2) is 0 Å². The molecule has 8 aromatic rings. The van der Waals surface area contributed by atoms with Crippen LogP contribution < -0.4 is 0 Å². The Morgan fingerprint density at radius 2 is 0.844 bits per heavy atom. The number of hydrogen-bond donors (Lipinski definition) is 0. The minimum atomic E-state index is 0.0281. The Balaban J connectivity index is 1.14. The average molecular weight is 573 g/mol. The SMILES string of the molecule is CC1(C)c2ccccc2-c2cc(-c3ccc4c(ccc5cc(-c6cc7ccccc7cc6-c6ccccc6)ccc54)c3)ccc21. The lowest BCUT2D eigenvalue weighted by Gasteiger charge is -2.21. The topological polar surface area (TPSA) is 0 Å². The summed E-state index contributed by atoms with van der Waals surface area (Å²) >= 11 is 0. The van der Waals surface area contributed by atoms with Crippen LogP contribution in [0.2, 0.25) is 0 Å². The lowest BCUT2D eigenvalue weighted by Crippen LogP contribution is -2.14. The molecule has 0 nitrogen and oxygen atoms in total. The first-order chi connectivity index (χ1) is 22.0. The van der Waals surface area contributed by atoms with Gasteiger partial charge < -0.3 is 0 Å². The van der Waals surface area contributed by atoms with E-state index < -0.39 is 0 Å². The second kappa shape index (κ2) is 9.78. The van der Waals surface area contributed by atoms with E-state index in [-0.39, 0.29) is 5.41 Å². The standard InChI is InChI=1S/C45H32/c1-45(2)43-15-9-8-14-39(43)42-28-33(20-23-44(42)45)32-18-21-37-34(24-32)16-17-35-25-36(19-22-38(35)37)41-27-31-13-7-6-12-30(31)26-40(41)29-10-4-3-5-11-29/h3-28H,1-2H3. The van der Waals surface area contributed by atoms with Crippen molar-refractivity contribution >= 4 is 32.3 Å². The Kier molecular flexibility index (Phi) is 5.64. The van der Waals surface area contributed by atoms with E-state index in [9.17, 15) is 0 Å². The van der Waals surface area contributed by atoms with E-state index in [1.165, 1.54) is 88.0 Å². The van der Waals surface area contributed by atoms with E-state index in [1.54, 1.807) is 0 Å². The van der Waals surface area contributed by atoms with Gasteiger partial charge in [-0.3, -0.25) is 0 Å². The second-order valence-corrected chi connectivity index (χ2v) is 13.0. The molecule has 45 heavy (non-hydrogen) atoms. The molecule has 8 aromatic carbocycles. The monoisotopic (exact) mass is 572 g/mol. The zero-order valence-electron chi connectivity index (χ0n) is 25.5. The van der Waals surface area contributed by atoms with Crippen LogP contribution in [-0.2, 0) is 5.41 Å². The van der Waals surface area contributed by atoms with E-state index in [4.69, 9.17) is 0 Å². The highest BCUT2D eigenvalue weighted by atomic mass is 14.4. The van der Waals surface area contributed by atoms with E-state index in [2.05, 4.69) is 172 Å². The highest BCUT2D eigenvalue weighted by Gasteiger charge is 2.35. The van der Waals surface area contributed by atoms with E-state index >= 15 is 0 Å². The summed E-state index contributed by atoms with van der Waals surface area (Å²) in [5.41, 5.74) is 13.1. The summed E-state index contributed by atoms with van der Waals surface area (Å²) in [5.74, 6) is 0. The van der Waals surface area contributed by atoms with Gasteiger partial charge >= 0.3 is 0 Å². The van der Waals surface area contributed by atoms with Crippen LogP contribution in [0.4, 0.5) is 0 Å². The first kappa shape index (κ1) is 26.0. The molecule has 0 aliphatic heterocycles. The average Bonchev–Trinajstić information content (AvgIpc) is 3.33. The van der Waals surface area contributed by atoms with Gasteiger partial charge in [-0.2, -0.15) is 0 Å². The zero-order valence-corrected chi connectivity index (χ0v) is 25.5. The van der Waals surface area contributed by atoms with Gasteiger partial charge in [0.05, 0.1) is 0 Å². The molecule has 0 atom stereocenters. The molecule has 0 N–H and O–H groups in total. The number of benzene rings is 8. The molecule has 212 valence electrons. The molecular weight excluding hydrogens is 540 g/mol. The predicted octanol–water partition coefficient (Wildman–Crippen LogP) is 12.5. The molecule has 1 aliphatic carbocycles. The van der Waals surface area contributed by atoms with Crippen LogP contribution in [0.5, 0.6) is 0 Å². The molecule has 0 fully saturated rings. The Hall–Kier alpha value is -5.46. The number of rotatable bonds is 3. The van der Waals surface area contributed by atoms with Crippen molar-refractivity contribution in [2.24, 2.45) is 0 Å². The van der Waals surface area contributed by atoms with E-state index in [0.29, 0.717) is 0 Å². The molecule has 0 heteroatoms. The van der Waals surface area contributed by atoms with Crippen LogP contribution in [0, 0.1) is 0 Å². The predicted molar refractivity (Wildman–Crippen MR) is 193 cm³/mol. The molecular formula is C45H32. The molecule has 0 aromatic heterocycles. The van der Waals surface area contributed by atoms with Crippen LogP contribution in [-0.4, -0.2) is 0 Å². The molecule has 9 rings (SSSR count). The maximum Gasteiger partial charge on any atom is 0.0158 e. The number of fused-ring (bicyclic) bond motifs is 7. The van der Waals surface area contributed by atoms with Crippen molar-refractivity contribution < 1.29 is 0 Å². The molecule has 0 heterocycles. The maximum atomic E-state index is 2.39. The minimum absolute atomic E-state index is 0.0281. The highest BCUT2D eigenvalue weighted by Crippen LogP contribution is 2.49. The molecule has 0 radical (unpaired) electrons. The molecule has 0 spiro atoms. The van der Waals surface area contributed by atoms with Crippen LogP contribution in [0.25, 0.3) is 76.8 Å². The smallest absolute Gasteiger partial charge is 0.0158 e. The molecule has 0 saturated heterocycles. The fraction of sp³-hybridized carbons (Fsp3) is 0.0667. The summed E-state index contributed by atoms with van der Waals surface area (Å²) in [7, 11) is 0. The first-order valence-electron chi connectivity index (χ1n) is 15.8. The Labute approximate surface area is 264 Å². The van der Waals surface area contributed by atoms with Crippen molar-refractivity contribution in [2.75, 3.05) is 0 Å². The van der Waals surface area contributed by atoms with Gasteiger partial charge in [0.1, 0.15) is 0 Å². The summed E-state index contributed by atoms with van der Waals surface area (Å²) in [6.07, 6.45) is 0. The van der Waals surface area contributed by atoms with Crippen molar-refractivity contribution in [3.05, 3.63) is 169 Å². The molecule has 0 bridgehead atoms. The fourth-order valence-corrected chi connectivity index (χ4v) is 7.65. The van der Waals surface area contributed by atoms with Gasteiger partial charge in [-0.1, -0.05) is 141 Å². The summed E-state index contributed by atoms with van der Waals surface area (Å²) in [5, 5.41) is 7.63. The third-order valence-electron chi connectivity index (χ3n) is 10.0. The normalized spacial score (nSPS) is 13.3. The fourth-order valence-electron chi connectivity index (χ4n) is 7.65. The van der Waals surface area contributed by atoms with Gasteiger partial charge in [0.25, 0.3) is 0 Å². The maximum absolute atomic E-state index is 2.39. The Morgan fingerprint density at radius 3 is 1.58 bits per heavy atom. The Bertz CT molecular complexity index is 2440. The lowest BCUT2D eigenvalue weighted by molar-refractivity contribution is 0.660. The van der Waals surface area contributed by atoms with Gasteiger partial charge in [0.2, 0.25) is 0 Å². The third-order valence-corrected chi connectivity index (χ3v) is 10.0. The third kappa shape index (κ3) is 4.06. The van der Waals surface area contributed by atoms with Crippen LogP contribution >= 0.6 is 0 Å². The molecule has 0 saturated carbocycles.